The number of hydrogen-bond acceptors (Lipinski definition) is 6. The third-order valence-corrected chi connectivity index (χ3v) is 5.08. The van der Waals surface area contributed by atoms with E-state index in [4.69, 9.17) is 16.3 Å². The fourth-order valence-electron chi connectivity index (χ4n) is 3.56. The lowest BCUT2D eigenvalue weighted by molar-refractivity contribution is -0.122. The Morgan fingerprint density at radius 2 is 1.75 bits per heavy atom. The molecule has 1 saturated heterocycles. The third kappa shape index (κ3) is 2.66. The molecular weight excluding hydrogens is 382 g/mol. The smallest absolute Gasteiger partial charge is 0.260 e. The molecule has 0 bridgehead atoms. The minimum absolute atomic E-state index is 0.0655. The SMILES string of the molecule is COc1ccccc1N1C(=O)[C@H]2C(C(C)=O)=NN(c3ccc(Cl)cc3)[C@@H]2C1=O. The maximum absolute atomic E-state index is 13.3. The van der Waals surface area contributed by atoms with Gasteiger partial charge in [0.1, 0.15) is 23.4 Å². The normalized spacial score (nSPS) is 21.0. The van der Waals surface area contributed by atoms with E-state index in [2.05, 4.69) is 5.10 Å². The highest BCUT2D eigenvalue weighted by Gasteiger charge is 2.58. The van der Waals surface area contributed by atoms with Crippen molar-refractivity contribution in [3.63, 3.8) is 0 Å². The Bertz CT molecular complexity index is 1020. The fourth-order valence-corrected chi connectivity index (χ4v) is 3.69. The first-order chi connectivity index (χ1) is 13.4. The minimum Gasteiger partial charge on any atom is -0.495 e. The molecule has 0 saturated carbocycles. The van der Waals surface area contributed by atoms with E-state index < -0.39 is 23.8 Å². The summed E-state index contributed by atoms with van der Waals surface area (Å²) in [5.74, 6) is -1.89. The van der Waals surface area contributed by atoms with Crippen LogP contribution in [0.15, 0.2) is 53.6 Å². The van der Waals surface area contributed by atoms with Gasteiger partial charge in [-0.15, -0.1) is 0 Å². The van der Waals surface area contributed by atoms with Crippen LogP contribution in [0.3, 0.4) is 0 Å². The monoisotopic (exact) mass is 397 g/mol. The molecule has 4 rings (SSSR count). The molecule has 2 amide bonds. The van der Waals surface area contributed by atoms with Crippen LogP contribution in [0.4, 0.5) is 11.4 Å². The summed E-state index contributed by atoms with van der Waals surface area (Å²) in [6, 6.07) is 12.5. The van der Waals surface area contributed by atoms with E-state index in [1.807, 2.05) is 0 Å². The van der Waals surface area contributed by atoms with Crippen LogP contribution in [0.25, 0.3) is 0 Å². The van der Waals surface area contributed by atoms with Gasteiger partial charge in [-0.05, 0) is 36.4 Å². The average molecular weight is 398 g/mol. The van der Waals surface area contributed by atoms with E-state index in [1.165, 1.54) is 19.0 Å². The number of ketones is 1. The van der Waals surface area contributed by atoms with Gasteiger partial charge in [-0.25, -0.2) is 4.90 Å². The highest BCUT2D eigenvalue weighted by atomic mass is 35.5. The van der Waals surface area contributed by atoms with Gasteiger partial charge in [0.25, 0.3) is 5.91 Å². The number of anilines is 2. The Balaban J connectivity index is 1.82. The molecule has 2 atom stereocenters. The molecule has 0 unspecified atom stereocenters. The third-order valence-electron chi connectivity index (χ3n) is 4.83. The Labute approximate surface area is 166 Å². The zero-order chi connectivity index (χ0) is 20.0. The van der Waals surface area contributed by atoms with E-state index in [-0.39, 0.29) is 11.5 Å². The summed E-state index contributed by atoms with van der Waals surface area (Å²) in [5, 5.41) is 6.25. The van der Waals surface area contributed by atoms with Crippen molar-refractivity contribution in [2.75, 3.05) is 17.0 Å². The average Bonchev–Trinajstić information content (AvgIpc) is 3.20. The van der Waals surface area contributed by atoms with Gasteiger partial charge in [0.15, 0.2) is 5.78 Å². The number of fused-ring (bicyclic) bond motifs is 1. The molecule has 0 spiro atoms. The summed E-state index contributed by atoms with van der Waals surface area (Å²) >= 11 is 5.95. The molecule has 0 aliphatic carbocycles. The summed E-state index contributed by atoms with van der Waals surface area (Å²) in [4.78, 5) is 39.7. The highest BCUT2D eigenvalue weighted by molar-refractivity contribution is 6.49. The van der Waals surface area contributed by atoms with Crippen molar-refractivity contribution in [2.45, 2.75) is 13.0 Å². The van der Waals surface area contributed by atoms with Crippen LogP contribution >= 0.6 is 11.6 Å². The number of rotatable bonds is 4. The summed E-state index contributed by atoms with van der Waals surface area (Å²) in [6.07, 6.45) is 0. The van der Waals surface area contributed by atoms with Crippen molar-refractivity contribution in [2.24, 2.45) is 11.0 Å². The first-order valence-electron chi connectivity index (χ1n) is 8.59. The van der Waals surface area contributed by atoms with Gasteiger partial charge < -0.3 is 4.74 Å². The second kappa shape index (κ2) is 6.76. The van der Waals surface area contributed by atoms with E-state index in [1.54, 1.807) is 48.5 Å². The van der Waals surface area contributed by atoms with Gasteiger partial charge in [-0.1, -0.05) is 23.7 Å². The number of hydrogen-bond donors (Lipinski definition) is 0. The number of Topliss-reactive ketones (excluding diaryl/α,β-unsaturated/α-hetero) is 1. The van der Waals surface area contributed by atoms with Crippen LogP contribution in [0, 0.1) is 5.92 Å². The lowest BCUT2D eigenvalue weighted by Gasteiger charge is -2.22. The van der Waals surface area contributed by atoms with Gasteiger partial charge in [0.2, 0.25) is 5.91 Å². The quantitative estimate of drug-likeness (QED) is 0.741. The van der Waals surface area contributed by atoms with Gasteiger partial charge >= 0.3 is 0 Å². The molecule has 7 nitrogen and oxygen atoms in total. The fraction of sp³-hybridized carbons (Fsp3) is 0.200. The number of nitrogens with zero attached hydrogens (tertiary/aromatic N) is 3. The van der Waals surface area contributed by atoms with E-state index in [9.17, 15) is 14.4 Å². The van der Waals surface area contributed by atoms with Crippen LogP contribution in [0.1, 0.15) is 6.92 Å². The lowest BCUT2D eigenvalue weighted by Crippen LogP contribution is -2.39. The lowest BCUT2D eigenvalue weighted by atomic mass is 9.95. The summed E-state index contributed by atoms with van der Waals surface area (Å²) in [5.41, 5.74) is 0.975. The molecule has 2 aromatic carbocycles. The number of methoxy groups -OCH3 is 1. The predicted molar refractivity (Wildman–Crippen MR) is 105 cm³/mol. The Hall–Kier alpha value is -3.19. The van der Waals surface area contributed by atoms with Crippen LogP contribution in [-0.4, -0.2) is 36.5 Å². The Morgan fingerprint density at radius 1 is 1.07 bits per heavy atom. The van der Waals surface area contributed by atoms with Crippen molar-refractivity contribution >= 4 is 46.3 Å². The van der Waals surface area contributed by atoms with Crippen molar-refractivity contribution < 1.29 is 19.1 Å². The Kier molecular flexibility index (Phi) is 4.39. The number of hydrazone groups is 1. The van der Waals surface area contributed by atoms with E-state index in [0.29, 0.717) is 22.1 Å². The molecule has 2 heterocycles. The highest BCUT2D eigenvalue weighted by Crippen LogP contribution is 2.40. The number of carbonyl (C=O) groups excluding carboxylic acids is 3. The van der Waals surface area contributed by atoms with Crippen LogP contribution in [0.2, 0.25) is 5.02 Å². The maximum Gasteiger partial charge on any atom is 0.260 e. The number of benzene rings is 2. The molecule has 28 heavy (non-hydrogen) atoms. The second-order valence-corrected chi connectivity index (χ2v) is 6.91. The molecule has 2 aliphatic heterocycles. The molecule has 8 heteroatoms. The predicted octanol–water partition coefficient (Wildman–Crippen LogP) is 2.67. The molecular formula is C20H16ClN3O4. The van der Waals surface area contributed by atoms with Crippen molar-refractivity contribution in [3.8, 4) is 5.75 Å². The first-order valence-corrected chi connectivity index (χ1v) is 8.97. The molecule has 0 aromatic heterocycles. The number of halogens is 1. The van der Waals surface area contributed by atoms with Crippen LogP contribution < -0.4 is 14.6 Å². The largest absolute Gasteiger partial charge is 0.495 e. The van der Waals surface area contributed by atoms with Crippen molar-refractivity contribution in [1.29, 1.82) is 0 Å². The summed E-state index contributed by atoms with van der Waals surface area (Å²) < 4.78 is 5.30. The molecule has 142 valence electrons. The van der Waals surface area contributed by atoms with Gasteiger partial charge in [-0.3, -0.25) is 19.4 Å². The van der Waals surface area contributed by atoms with Crippen molar-refractivity contribution in [3.05, 3.63) is 53.6 Å². The van der Waals surface area contributed by atoms with Gasteiger partial charge in [0.05, 0.1) is 18.5 Å². The number of carbonyl (C=O) groups is 3. The zero-order valence-corrected chi connectivity index (χ0v) is 15.9. The molecule has 0 N–H and O–H groups in total. The minimum atomic E-state index is -0.967. The first kappa shape index (κ1) is 18.2. The van der Waals surface area contributed by atoms with Gasteiger partial charge in [0, 0.05) is 11.9 Å². The summed E-state index contributed by atoms with van der Waals surface area (Å²) in [6.45, 7) is 1.34. The topological polar surface area (TPSA) is 79.3 Å². The number of imide groups is 1. The number of ether oxygens (including phenoxy) is 1. The van der Waals surface area contributed by atoms with Crippen molar-refractivity contribution in [1.82, 2.24) is 0 Å². The summed E-state index contributed by atoms with van der Waals surface area (Å²) in [7, 11) is 1.47. The zero-order valence-electron chi connectivity index (χ0n) is 15.1. The van der Waals surface area contributed by atoms with Crippen LogP contribution in [0.5, 0.6) is 5.75 Å². The molecule has 2 aliphatic rings. The van der Waals surface area contributed by atoms with E-state index in [0.717, 1.165) is 4.90 Å². The molecule has 1 fully saturated rings. The molecule has 0 radical (unpaired) electrons. The van der Waals surface area contributed by atoms with Crippen LogP contribution in [-0.2, 0) is 14.4 Å². The van der Waals surface area contributed by atoms with E-state index >= 15 is 0 Å². The number of amides is 2. The Morgan fingerprint density at radius 3 is 2.39 bits per heavy atom. The van der Waals surface area contributed by atoms with Gasteiger partial charge in [-0.2, -0.15) is 5.10 Å². The number of para-hydroxylation sites is 2. The standard InChI is InChI=1S/C20H16ClN3O4/c1-11(25)17-16-18(24(22-17)13-9-7-12(21)8-10-13)20(27)23(19(16)26)14-5-3-4-6-15(14)28-2/h3-10,16,18H,1-2H3/t16-,18-/m0/s1. The maximum atomic E-state index is 13.3. The molecule has 2 aromatic rings. The second-order valence-electron chi connectivity index (χ2n) is 6.47.